The summed E-state index contributed by atoms with van der Waals surface area (Å²) >= 11 is 0. The zero-order valence-corrected chi connectivity index (χ0v) is 18.9. The van der Waals surface area contributed by atoms with Crippen molar-refractivity contribution >= 4 is 29.9 Å². The molecule has 2 aliphatic rings. The van der Waals surface area contributed by atoms with Gasteiger partial charge in [0.2, 0.25) is 0 Å². The number of nitrogens with one attached hydrogen (secondary N) is 2. The van der Waals surface area contributed by atoms with Crippen LogP contribution < -0.4 is 20.1 Å². The van der Waals surface area contributed by atoms with Crippen molar-refractivity contribution in [2.24, 2.45) is 4.99 Å². The van der Waals surface area contributed by atoms with Crippen molar-refractivity contribution in [1.29, 1.82) is 0 Å². The molecule has 1 aliphatic carbocycles. The molecule has 2 fully saturated rings. The molecule has 27 heavy (non-hydrogen) atoms. The van der Waals surface area contributed by atoms with Gasteiger partial charge in [0, 0.05) is 44.3 Å². The first-order valence-corrected chi connectivity index (χ1v) is 9.69. The predicted octanol–water partition coefficient (Wildman–Crippen LogP) is 2.87. The average Bonchev–Trinajstić information content (AvgIpc) is 3.43. The zero-order valence-electron chi connectivity index (χ0n) is 16.6. The van der Waals surface area contributed by atoms with E-state index in [2.05, 4.69) is 27.4 Å². The van der Waals surface area contributed by atoms with Crippen molar-refractivity contribution < 1.29 is 9.47 Å². The number of hydrogen-bond acceptors (Lipinski definition) is 4. The van der Waals surface area contributed by atoms with E-state index in [4.69, 9.17) is 9.47 Å². The van der Waals surface area contributed by atoms with E-state index in [9.17, 15) is 0 Å². The minimum absolute atomic E-state index is 0. The Morgan fingerprint density at radius 1 is 1.30 bits per heavy atom. The van der Waals surface area contributed by atoms with Crippen LogP contribution in [0.25, 0.3) is 0 Å². The quantitative estimate of drug-likeness (QED) is 0.255. The lowest BCUT2D eigenvalue weighted by Gasteiger charge is -2.20. The Morgan fingerprint density at radius 3 is 2.78 bits per heavy atom. The number of aliphatic imine (C=N–C) groups is 1. The standard InChI is InChI=1S/C20H32N4O2.HI/c1-15-12-16(14-24(15)17-8-9-17)23-20(21-2)22-10-5-11-26-19-7-4-6-18(13-19)25-3;/h4,6-7,13,15-17H,5,8-12,14H2,1-3H3,(H2,21,22,23);1H. The largest absolute Gasteiger partial charge is 0.497 e. The Kier molecular flexibility index (Phi) is 8.95. The lowest BCUT2D eigenvalue weighted by atomic mass is 10.2. The highest BCUT2D eigenvalue weighted by Crippen LogP contribution is 2.33. The Hall–Kier alpha value is -1.22. The van der Waals surface area contributed by atoms with Crippen LogP contribution in [0.2, 0.25) is 0 Å². The van der Waals surface area contributed by atoms with E-state index in [1.54, 1.807) is 7.11 Å². The second-order valence-electron chi connectivity index (χ2n) is 7.23. The van der Waals surface area contributed by atoms with Gasteiger partial charge < -0.3 is 20.1 Å². The smallest absolute Gasteiger partial charge is 0.191 e. The van der Waals surface area contributed by atoms with Crippen LogP contribution >= 0.6 is 24.0 Å². The second kappa shape index (κ2) is 10.9. The third-order valence-corrected chi connectivity index (χ3v) is 5.13. The van der Waals surface area contributed by atoms with Crippen LogP contribution in [0.4, 0.5) is 0 Å². The first kappa shape index (κ1) is 22.1. The maximum absolute atomic E-state index is 5.77. The first-order valence-electron chi connectivity index (χ1n) is 9.69. The Labute approximate surface area is 180 Å². The van der Waals surface area contributed by atoms with Gasteiger partial charge in [-0.05, 0) is 44.7 Å². The summed E-state index contributed by atoms with van der Waals surface area (Å²) in [5.41, 5.74) is 0. The van der Waals surface area contributed by atoms with Gasteiger partial charge in [0.15, 0.2) is 5.96 Å². The third-order valence-electron chi connectivity index (χ3n) is 5.13. The van der Waals surface area contributed by atoms with Gasteiger partial charge in [0.1, 0.15) is 11.5 Å². The average molecular weight is 488 g/mol. The monoisotopic (exact) mass is 488 g/mol. The summed E-state index contributed by atoms with van der Waals surface area (Å²) in [5, 5.41) is 6.97. The SMILES string of the molecule is CN=C(NCCCOc1cccc(OC)c1)NC1CC(C)N(C2CC2)C1.I. The van der Waals surface area contributed by atoms with Crippen molar-refractivity contribution in [2.75, 3.05) is 33.9 Å². The minimum Gasteiger partial charge on any atom is -0.497 e. The number of guanidine groups is 1. The fourth-order valence-corrected chi connectivity index (χ4v) is 3.62. The molecule has 0 bridgehead atoms. The Balaban J connectivity index is 0.00000261. The van der Waals surface area contributed by atoms with Gasteiger partial charge in [-0.25, -0.2) is 0 Å². The van der Waals surface area contributed by atoms with Crippen LogP contribution in [0.1, 0.15) is 32.6 Å². The molecule has 2 unspecified atom stereocenters. The van der Waals surface area contributed by atoms with Crippen LogP contribution in [-0.2, 0) is 0 Å². The topological polar surface area (TPSA) is 58.1 Å². The summed E-state index contributed by atoms with van der Waals surface area (Å²) in [6.07, 6.45) is 4.85. The normalized spacial score (nSPS) is 22.9. The molecule has 152 valence electrons. The molecule has 0 radical (unpaired) electrons. The molecule has 1 saturated carbocycles. The lowest BCUT2D eigenvalue weighted by molar-refractivity contribution is 0.256. The molecule has 1 aliphatic heterocycles. The number of hydrogen-bond donors (Lipinski definition) is 2. The fourth-order valence-electron chi connectivity index (χ4n) is 3.62. The van der Waals surface area contributed by atoms with E-state index in [0.717, 1.165) is 43.0 Å². The van der Waals surface area contributed by atoms with E-state index in [0.29, 0.717) is 18.7 Å². The van der Waals surface area contributed by atoms with E-state index in [1.807, 2.05) is 31.3 Å². The highest BCUT2D eigenvalue weighted by Gasteiger charge is 2.38. The predicted molar refractivity (Wildman–Crippen MR) is 121 cm³/mol. The molecular formula is C20H33IN4O2. The molecule has 1 heterocycles. The molecule has 0 spiro atoms. The summed E-state index contributed by atoms with van der Waals surface area (Å²) < 4.78 is 11.0. The summed E-state index contributed by atoms with van der Waals surface area (Å²) in [6, 6.07) is 9.70. The Morgan fingerprint density at radius 2 is 2.07 bits per heavy atom. The molecular weight excluding hydrogens is 455 g/mol. The van der Waals surface area contributed by atoms with Gasteiger partial charge in [0.05, 0.1) is 13.7 Å². The molecule has 2 N–H and O–H groups in total. The van der Waals surface area contributed by atoms with Gasteiger partial charge in [-0.1, -0.05) is 6.07 Å². The van der Waals surface area contributed by atoms with E-state index >= 15 is 0 Å². The number of rotatable bonds is 8. The van der Waals surface area contributed by atoms with Gasteiger partial charge in [-0.3, -0.25) is 9.89 Å². The molecule has 7 heteroatoms. The third kappa shape index (κ3) is 6.71. The summed E-state index contributed by atoms with van der Waals surface area (Å²) in [7, 11) is 3.50. The highest BCUT2D eigenvalue weighted by molar-refractivity contribution is 14.0. The maximum Gasteiger partial charge on any atom is 0.191 e. The summed E-state index contributed by atoms with van der Waals surface area (Å²) in [4.78, 5) is 7.00. The summed E-state index contributed by atoms with van der Waals surface area (Å²) in [6.45, 7) is 4.96. The van der Waals surface area contributed by atoms with Gasteiger partial charge in [0.25, 0.3) is 0 Å². The number of halogens is 1. The number of benzene rings is 1. The Bertz CT molecular complexity index is 609. The number of nitrogens with zero attached hydrogens (tertiary/aromatic N) is 2. The van der Waals surface area contributed by atoms with Crippen LogP contribution in [0.5, 0.6) is 11.5 Å². The number of methoxy groups -OCH3 is 1. The van der Waals surface area contributed by atoms with E-state index in [1.165, 1.54) is 19.3 Å². The van der Waals surface area contributed by atoms with Crippen molar-refractivity contribution in [2.45, 2.75) is 50.7 Å². The van der Waals surface area contributed by atoms with Gasteiger partial charge in [-0.2, -0.15) is 0 Å². The zero-order chi connectivity index (χ0) is 18.4. The van der Waals surface area contributed by atoms with Crippen LogP contribution in [-0.4, -0.2) is 62.8 Å². The minimum atomic E-state index is 0. The van der Waals surface area contributed by atoms with Crippen LogP contribution in [0.15, 0.2) is 29.3 Å². The van der Waals surface area contributed by atoms with Crippen LogP contribution in [0.3, 0.4) is 0 Å². The summed E-state index contributed by atoms with van der Waals surface area (Å²) in [5.74, 6) is 2.55. The molecule has 1 saturated heterocycles. The van der Waals surface area contributed by atoms with Crippen molar-refractivity contribution in [3.63, 3.8) is 0 Å². The first-order chi connectivity index (χ1) is 12.7. The molecule has 0 aromatic heterocycles. The van der Waals surface area contributed by atoms with Crippen molar-refractivity contribution in [3.8, 4) is 11.5 Å². The van der Waals surface area contributed by atoms with Gasteiger partial charge >= 0.3 is 0 Å². The molecule has 3 rings (SSSR count). The highest BCUT2D eigenvalue weighted by atomic mass is 127. The van der Waals surface area contributed by atoms with E-state index in [-0.39, 0.29) is 24.0 Å². The fraction of sp³-hybridized carbons (Fsp3) is 0.650. The van der Waals surface area contributed by atoms with Crippen molar-refractivity contribution in [1.82, 2.24) is 15.5 Å². The molecule has 2 atom stereocenters. The molecule has 0 amide bonds. The number of ether oxygens (including phenoxy) is 2. The van der Waals surface area contributed by atoms with Crippen molar-refractivity contribution in [3.05, 3.63) is 24.3 Å². The van der Waals surface area contributed by atoms with Gasteiger partial charge in [-0.15, -0.1) is 24.0 Å². The molecule has 1 aromatic carbocycles. The molecule has 1 aromatic rings. The molecule has 6 nitrogen and oxygen atoms in total. The van der Waals surface area contributed by atoms with E-state index < -0.39 is 0 Å². The number of likely N-dealkylation sites (tertiary alicyclic amines) is 1. The van der Waals surface area contributed by atoms with Crippen LogP contribution in [0, 0.1) is 0 Å². The maximum atomic E-state index is 5.77. The second-order valence-corrected chi connectivity index (χ2v) is 7.23. The lowest BCUT2D eigenvalue weighted by Crippen LogP contribution is -2.45.